The van der Waals surface area contributed by atoms with Crippen molar-refractivity contribution in [2.45, 2.75) is 6.42 Å². The van der Waals surface area contributed by atoms with Crippen molar-refractivity contribution in [3.63, 3.8) is 0 Å². The van der Waals surface area contributed by atoms with E-state index in [1.54, 1.807) is 0 Å². The summed E-state index contributed by atoms with van der Waals surface area (Å²) >= 11 is 0. The van der Waals surface area contributed by atoms with Gasteiger partial charge in [0.25, 0.3) is 0 Å². The summed E-state index contributed by atoms with van der Waals surface area (Å²) in [7, 11) is -11.3. The van der Waals surface area contributed by atoms with Gasteiger partial charge in [-0.15, -0.1) is 0 Å². The summed E-state index contributed by atoms with van der Waals surface area (Å²) in [6.45, 7) is -0.144. The van der Waals surface area contributed by atoms with Gasteiger partial charge in [0.1, 0.15) is 0 Å². The molecule has 1 fully saturated rings. The third kappa shape index (κ3) is 3.70. The monoisotopic (exact) mass is 431 g/mol. The fourth-order valence-corrected chi connectivity index (χ4v) is 17.0. The van der Waals surface area contributed by atoms with Crippen molar-refractivity contribution < 1.29 is 18.0 Å². The van der Waals surface area contributed by atoms with Crippen molar-refractivity contribution in [1.29, 1.82) is 0 Å². The van der Waals surface area contributed by atoms with Crippen LogP contribution in [0.2, 0.25) is 0 Å². The van der Waals surface area contributed by atoms with Crippen LogP contribution in [0.3, 0.4) is 0 Å². The Morgan fingerprint density at radius 2 is 1.56 bits per heavy atom. The van der Waals surface area contributed by atoms with Crippen molar-refractivity contribution in [1.82, 2.24) is 4.86 Å². The van der Waals surface area contributed by atoms with E-state index in [0.29, 0.717) is 0 Å². The molecule has 2 aromatic carbocycles. The Hall–Kier alpha value is -0.930. The average Bonchev–Trinajstić information content (AvgIpc) is 3.33. The number of nitrogens with zero attached hydrogens (tertiary/aromatic N) is 2. The van der Waals surface area contributed by atoms with Gasteiger partial charge in [-0.05, 0) is 0 Å². The van der Waals surface area contributed by atoms with Gasteiger partial charge in [-0.3, -0.25) is 0 Å². The molecule has 5 nitrogen and oxygen atoms in total. The predicted molar refractivity (Wildman–Crippen MR) is 111 cm³/mol. The molecule has 146 valence electrons. The van der Waals surface area contributed by atoms with E-state index in [1.165, 1.54) is 0 Å². The molecule has 0 aromatic heterocycles. The van der Waals surface area contributed by atoms with Gasteiger partial charge in [0.2, 0.25) is 0 Å². The minimum absolute atomic E-state index is 0.0205. The molecule has 0 amide bonds. The first-order valence-corrected chi connectivity index (χ1v) is 14.5. The van der Waals surface area contributed by atoms with Gasteiger partial charge in [-0.1, -0.05) is 0 Å². The van der Waals surface area contributed by atoms with E-state index in [0.717, 1.165) is 10.6 Å². The molecule has 1 spiro atoms. The molecule has 1 saturated heterocycles. The molecular formula is C17H22F2N3O2P3. The minimum atomic E-state index is -4.30. The van der Waals surface area contributed by atoms with E-state index >= 15 is 8.39 Å². The summed E-state index contributed by atoms with van der Waals surface area (Å²) < 4.78 is 45.9. The third-order valence-electron chi connectivity index (χ3n) is 4.54. The van der Waals surface area contributed by atoms with Gasteiger partial charge in [-0.25, -0.2) is 0 Å². The fraction of sp³-hybridized carbons (Fsp3) is 0.294. The van der Waals surface area contributed by atoms with Crippen LogP contribution >= 0.6 is 22.2 Å². The molecule has 27 heavy (non-hydrogen) atoms. The van der Waals surface area contributed by atoms with Crippen molar-refractivity contribution in [2.24, 2.45) is 9.03 Å². The van der Waals surface area contributed by atoms with Crippen LogP contribution in [-0.2, 0) is 4.52 Å². The molecule has 2 aliphatic heterocycles. The molecule has 2 aliphatic rings. The Bertz CT molecular complexity index is 909. The number of aliphatic hydroxyl groups excluding tert-OH is 1. The quantitative estimate of drug-likeness (QED) is 0.502. The second-order valence-corrected chi connectivity index (χ2v) is 15.9. The second kappa shape index (κ2) is 6.84. The summed E-state index contributed by atoms with van der Waals surface area (Å²) in [5.74, 6) is 0. The first kappa shape index (κ1) is 19.4. The Morgan fingerprint density at radius 1 is 1.00 bits per heavy atom. The zero-order valence-electron chi connectivity index (χ0n) is 14.7. The van der Waals surface area contributed by atoms with Crippen LogP contribution in [0.4, 0.5) is 8.39 Å². The van der Waals surface area contributed by atoms with Gasteiger partial charge in [0.15, 0.2) is 0 Å². The van der Waals surface area contributed by atoms with Crippen LogP contribution in [0.1, 0.15) is 6.42 Å². The van der Waals surface area contributed by atoms with Gasteiger partial charge in [-0.2, -0.15) is 0 Å². The Kier molecular flexibility index (Phi) is 4.91. The Labute approximate surface area is 157 Å². The molecular weight excluding hydrogens is 409 g/mol. The summed E-state index contributed by atoms with van der Waals surface area (Å²) in [4.78, 5) is 2.97. The van der Waals surface area contributed by atoms with Crippen LogP contribution in [0, 0.1) is 0 Å². The molecule has 4 rings (SSSR count). The number of benzene rings is 2. The molecule has 10 heteroatoms. The molecule has 0 aliphatic carbocycles. The SMILES string of the molecule is OCCCO[P@]1(F)=NP2(F)(CC2)N=P(c2ccccc2)(c2ccccc2)N1. The van der Waals surface area contributed by atoms with E-state index in [2.05, 4.69) is 9.37 Å². The maximum atomic E-state index is 16.0. The topological polar surface area (TPSA) is 66.2 Å². The number of nitrogens with one attached hydrogen (secondary N) is 1. The van der Waals surface area contributed by atoms with Crippen LogP contribution in [0.5, 0.6) is 0 Å². The summed E-state index contributed by atoms with van der Waals surface area (Å²) in [6, 6.07) is 18.5. The number of halogens is 2. The molecule has 0 bridgehead atoms. The predicted octanol–water partition coefficient (Wildman–Crippen LogP) is 4.95. The zero-order chi connectivity index (χ0) is 19.0. The van der Waals surface area contributed by atoms with Crippen LogP contribution in [-0.4, -0.2) is 30.6 Å². The summed E-state index contributed by atoms with van der Waals surface area (Å²) in [5.41, 5.74) is 0. The van der Waals surface area contributed by atoms with Crippen molar-refractivity contribution in [2.75, 3.05) is 25.5 Å². The molecule has 0 radical (unpaired) electrons. The van der Waals surface area contributed by atoms with Crippen LogP contribution in [0.15, 0.2) is 69.7 Å². The van der Waals surface area contributed by atoms with Gasteiger partial charge < -0.3 is 0 Å². The van der Waals surface area contributed by atoms with E-state index < -0.39 is 22.2 Å². The number of aliphatic hydroxyl groups is 1. The normalized spacial score (nSPS) is 28.3. The van der Waals surface area contributed by atoms with Gasteiger partial charge in [0.05, 0.1) is 0 Å². The summed E-state index contributed by atoms with van der Waals surface area (Å²) in [5, 5.41) is 10.5. The first-order chi connectivity index (χ1) is 12.9. The van der Waals surface area contributed by atoms with Crippen LogP contribution in [0.25, 0.3) is 0 Å². The number of hydrogen-bond acceptors (Lipinski definition) is 5. The Morgan fingerprint density at radius 3 is 2.04 bits per heavy atom. The fourth-order valence-electron chi connectivity index (χ4n) is 3.06. The molecule has 2 aromatic rings. The maximum absolute atomic E-state index is 16.0. The molecule has 0 saturated carbocycles. The van der Waals surface area contributed by atoms with Crippen molar-refractivity contribution >= 4 is 32.8 Å². The molecule has 0 unspecified atom stereocenters. The zero-order valence-corrected chi connectivity index (χ0v) is 17.3. The third-order valence-corrected chi connectivity index (χ3v) is 16.1. The van der Waals surface area contributed by atoms with E-state index in [4.69, 9.17) is 14.1 Å². The second-order valence-electron chi connectivity index (χ2n) is 6.71. The van der Waals surface area contributed by atoms with Gasteiger partial charge >= 0.3 is 157 Å². The number of hydrogen-bond donors (Lipinski definition) is 2. The van der Waals surface area contributed by atoms with E-state index in [-0.39, 0.29) is 32.0 Å². The van der Waals surface area contributed by atoms with E-state index in [1.807, 2.05) is 60.7 Å². The van der Waals surface area contributed by atoms with Crippen molar-refractivity contribution in [3.05, 3.63) is 60.7 Å². The molecule has 2 N–H and O–H groups in total. The number of rotatable bonds is 6. The van der Waals surface area contributed by atoms with Gasteiger partial charge in [0, 0.05) is 0 Å². The molecule has 1 atom stereocenters. The molecule has 2 heterocycles. The van der Waals surface area contributed by atoms with Crippen molar-refractivity contribution in [3.8, 4) is 0 Å². The average molecular weight is 431 g/mol. The van der Waals surface area contributed by atoms with E-state index in [9.17, 15) is 0 Å². The standard InChI is InChI=1S/C17H22F2N3O2P3/c18-26(24-13-7-12-23)20-25(16-8-3-1-4-9-16,17-10-5-2-6-11-17)21-27(19,22-26)14-15-27/h1-6,8-11,20,23H,7,12-15H2/t26-/m0/s1. The summed E-state index contributed by atoms with van der Waals surface area (Å²) in [6.07, 6.45) is 0.637. The van der Waals surface area contributed by atoms with Crippen LogP contribution < -0.4 is 15.5 Å². The first-order valence-electron chi connectivity index (χ1n) is 8.77. The Balaban J connectivity index is 1.92.